The maximum Gasteiger partial charge on any atom is 0.211 e. The molecular weight excluding hydrogens is 349 g/mol. The van der Waals surface area contributed by atoms with Crippen molar-refractivity contribution in [3.05, 3.63) is 29.6 Å². The quantitative estimate of drug-likeness (QED) is 0.545. The molecular formula is C17H26FNO5S. The molecule has 0 aliphatic heterocycles. The van der Waals surface area contributed by atoms with E-state index in [1.54, 1.807) is 6.92 Å². The molecule has 1 aromatic rings. The summed E-state index contributed by atoms with van der Waals surface area (Å²) in [4.78, 5) is 0. The molecule has 142 valence electrons. The van der Waals surface area contributed by atoms with E-state index >= 15 is 0 Å². The second-order valence-corrected chi connectivity index (χ2v) is 8.43. The van der Waals surface area contributed by atoms with Gasteiger partial charge in [-0.2, -0.15) is 0 Å². The Morgan fingerprint density at radius 2 is 2.12 bits per heavy atom. The standard InChI is InChI=1S/C17H26FNO5S/c1-2-17(21,12-19-25(22,23)9-3-8-20)14-6-7-15(18)16(10-14)24-11-13-4-5-13/h6-7,10,13,19-21H,2-5,8-9,11-12H2,1H3/t17-/m1/s1. The smallest absolute Gasteiger partial charge is 0.211 e. The van der Waals surface area contributed by atoms with Gasteiger partial charge in [0.1, 0.15) is 5.60 Å². The summed E-state index contributed by atoms with van der Waals surface area (Å²) in [6.45, 7) is 1.71. The van der Waals surface area contributed by atoms with Crippen LogP contribution in [0.2, 0.25) is 0 Å². The lowest BCUT2D eigenvalue weighted by Crippen LogP contribution is -2.41. The summed E-state index contributed by atoms with van der Waals surface area (Å²) in [6, 6.07) is 4.09. The normalized spacial score (nSPS) is 17.3. The largest absolute Gasteiger partial charge is 0.490 e. The number of hydrogen-bond acceptors (Lipinski definition) is 5. The van der Waals surface area contributed by atoms with Gasteiger partial charge in [0.2, 0.25) is 10.0 Å². The van der Waals surface area contributed by atoms with Crippen molar-refractivity contribution in [2.75, 3.05) is 25.5 Å². The predicted octanol–water partition coefficient (Wildman–Crippen LogP) is 1.51. The molecule has 0 spiro atoms. The highest BCUT2D eigenvalue weighted by Gasteiger charge is 2.30. The topological polar surface area (TPSA) is 95.9 Å². The molecule has 0 saturated heterocycles. The fourth-order valence-electron chi connectivity index (χ4n) is 2.38. The summed E-state index contributed by atoms with van der Waals surface area (Å²) in [5.74, 6) is -0.195. The zero-order valence-corrected chi connectivity index (χ0v) is 15.2. The Kier molecular flexibility index (Phi) is 6.79. The van der Waals surface area contributed by atoms with E-state index in [2.05, 4.69) is 4.72 Å². The zero-order valence-electron chi connectivity index (χ0n) is 14.4. The van der Waals surface area contributed by atoms with E-state index in [-0.39, 0.29) is 37.5 Å². The molecule has 0 radical (unpaired) electrons. The first kappa shape index (κ1) is 20.1. The van der Waals surface area contributed by atoms with Crippen molar-refractivity contribution in [2.45, 2.75) is 38.2 Å². The van der Waals surface area contributed by atoms with Crippen LogP contribution in [0.3, 0.4) is 0 Å². The molecule has 0 aromatic heterocycles. The summed E-state index contributed by atoms with van der Waals surface area (Å²) in [5, 5.41) is 19.6. The molecule has 25 heavy (non-hydrogen) atoms. The van der Waals surface area contributed by atoms with Gasteiger partial charge >= 0.3 is 0 Å². The number of aliphatic hydroxyl groups is 2. The lowest BCUT2D eigenvalue weighted by atomic mass is 9.91. The maximum absolute atomic E-state index is 13.9. The van der Waals surface area contributed by atoms with Gasteiger partial charge in [-0.3, -0.25) is 0 Å². The number of rotatable bonds is 11. The molecule has 1 saturated carbocycles. The molecule has 1 aliphatic rings. The molecule has 1 atom stereocenters. The highest BCUT2D eigenvalue weighted by molar-refractivity contribution is 7.89. The number of hydrogen-bond donors (Lipinski definition) is 3. The Bertz CT molecular complexity index is 678. The van der Waals surface area contributed by atoms with Crippen LogP contribution in [-0.2, 0) is 15.6 Å². The molecule has 6 nitrogen and oxygen atoms in total. The number of halogens is 1. The average molecular weight is 375 g/mol. The lowest BCUT2D eigenvalue weighted by Gasteiger charge is -2.28. The first-order valence-corrected chi connectivity index (χ1v) is 10.2. The summed E-state index contributed by atoms with van der Waals surface area (Å²) in [5.41, 5.74) is -1.08. The van der Waals surface area contributed by atoms with Crippen molar-refractivity contribution < 1.29 is 27.8 Å². The van der Waals surface area contributed by atoms with Gasteiger partial charge in [-0.05, 0) is 49.3 Å². The maximum atomic E-state index is 13.9. The van der Waals surface area contributed by atoms with E-state index in [0.29, 0.717) is 18.1 Å². The number of nitrogens with one attached hydrogen (secondary N) is 1. The number of ether oxygens (including phenoxy) is 1. The molecule has 1 aromatic carbocycles. The van der Waals surface area contributed by atoms with Crippen LogP contribution in [0.15, 0.2) is 18.2 Å². The first-order chi connectivity index (χ1) is 11.8. The van der Waals surface area contributed by atoms with Gasteiger partial charge in [0.15, 0.2) is 11.6 Å². The Morgan fingerprint density at radius 1 is 1.40 bits per heavy atom. The predicted molar refractivity (Wildman–Crippen MR) is 92.3 cm³/mol. The molecule has 1 aliphatic carbocycles. The fraction of sp³-hybridized carbons (Fsp3) is 0.647. The second-order valence-electron chi connectivity index (χ2n) is 6.50. The molecule has 2 rings (SSSR count). The van der Waals surface area contributed by atoms with Crippen LogP contribution < -0.4 is 9.46 Å². The van der Waals surface area contributed by atoms with E-state index in [0.717, 1.165) is 12.8 Å². The van der Waals surface area contributed by atoms with Gasteiger partial charge in [0, 0.05) is 13.2 Å². The average Bonchev–Trinajstić information content (AvgIpc) is 3.41. The van der Waals surface area contributed by atoms with Crippen LogP contribution in [0, 0.1) is 11.7 Å². The molecule has 1 fully saturated rings. The summed E-state index contributed by atoms with van der Waals surface area (Å²) >= 11 is 0. The van der Waals surface area contributed by atoms with Crippen LogP contribution in [0.25, 0.3) is 0 Å². The van der Waals surface area contributed by atoms with Gasteiger partial charge in [-0.1, -0.05) is 13.0 Å². The molecule has 0 amide bonds. The van der Waals surface area contributed by atoms with Crippen LogP contribution in [0.1, 0.15) is 38.2 Å². The Balaban J connectivity index is 2.10. The Morgan fingerprint density at radius 3 is 2.72 bits per heavy atom. The SMILES string of the molecule is CC[C@@](O)(CNS(=O)(=O)CCCO)c1ccc(F)c(OCC2CC2)c1. The van der Waals surface area contributed by atoms with Crippen molar-refractivity contribution in [3.8, 4) is 5.75 Å². The van der Waals surface area contributed by atoms with E-state index in [4.69, 9.17) is 9.84 Å². The van der Waals surface area contributed by atoms with E-state index < -0.39 is 21.4 Å². The van der Waals surface area contributed by atoms with Crippen LogP contribution >= 0.6 is 0 Å². The molecule has 0 heterocycles. The summed E-state index contributed by atoms with van der Waals surface area (Å²) in [7, 11) is -3.60. The minimum absolute atomic E-state index is 0.0689. The third-order valence-electron chi connectivity index (χ3n) is 4.38. The Labute approximate surface area is 148 Å². The number of benzene rings is 1. The highest BCUT2D eigenvalue weighted by atomic mass is 32.2. The van der Waals surface area contributed by atoms with E-state index in [1.165, 1.54) is 18.2 Å². The molecule has 3 N–H and O–H groups in total. The first-order valence-electron chi connectivity index (χ1n) is 8.53. The van der Waals surface area contributed by atoms with Crippen molar-refractivity contribution in [3.63, 3.8) is 0 Å². The molecule has 0 unspecified atom stereocenters. The minimum atomic E-state index is -3.60. The molecule has 8 heteroatoms. The van der Waals surface area contributed by atoms with Crippen LogP contribution in [0.4, 0.5) is 4.39 Å². The number of aliphatic hydroxyl groups excluding tert-OH is 1. The van der Waals surface area contributed by atoms with Gasteiger partial charge in [0.25, 0.3) is 0 Å². The van der Waals surface area contributed by atoms with Gasteiger partial charge in [0.05, 0.1) is 12.4 Å². The van der Waals surface area contributed by atoms with Crippen molar-refractivity contribution in [1.29, 1.82) is 0 Å². The van der Waals surface area contributed by atoms with Gasteiger partial charge < -0.3 is 14.9 Å². The van der Waals surface area contributed by atoms with Crippen molar-refractivity contribution in [2.24, 2.45) is 5.92 Å². The fourth-order valence-corrected chi connectivity index (χ4v) is 3.50. The Hall–Kier alpha value is -1.22. The number of sulfonamides is 1. The molecule has 0 bridgehead atoms. The van der Waals surface area contributed by atoms with Crippen molar-refractivity contribution >= 4 is 10.0 Å². The van der Waals surface area contributed by atoms with Crippen LogP contribution in [-0.4, -0.2) is 44.1 Å². The minimum Gasteiger partial charge on any atom is -0.490 e. The summed E-state index contributed by atoms with van der Waals surface area (Å²) in [6.07, 6.45) is 2.52. The lowest BCUT2D eigenvalue weighted by molar-refractivity contribution is 0.0376. The van der Waals surface area contributed by atoms with Gasteiger partial charge in [-0.25, -0.2) is 17.5 Å². The summed E-state index contributed by atoms with van der Waals surface area (Å²) < 4.78 is 45.5. The van der Waals surface area contributed by atoms with Crippen molar-refractivity contribution in [1.82, 2.24) is 4.72 Å². The third kappa shape index (κ3) is 5.91. The van der Waals surface area contributed by atoms with E-state index in [9.17, 15) is 17.9 Å². The third-order valence-corrected chi connectivity index (χ3v) is 5.79. The highest BCUT2D eigenvalue weighted by Crippen LogP contribution is 2.32. The zero-order chi connectivity index (χ0) is 18.5. The van der Waals surface area contributed by atoms with Gasteiger partial charge in [-0.15, -0.1) is 0 Å². The monoisotopic (exact) mass is 375 g/mol. The van der Waals surface area contributed by atoms with Crippen LogP contribution in [0.5, 0.6) is 5.75 Å². The second kappa shape index (κ2) is 8.44. The van der Waals surface area contributed by atoms with E-state index in [1.807, 2.05) is 0 Å².